The van der Waals surface area contributed by atoms with E-state index in [0.29, 0.717) is 5.92 Å². The lowest BCUT2D eigenvalue weighted by Crippen LogP contribution is -2.27. The highest BCUT2D eigenvalue weighted by molar-refractivity contribution is 5.02. The molecule has 0 aliphatic heterocycles. The van der Waals surface area contributed by atoms with Gasteiger partial charge in [0.2, 0.25) is 0 Å². The van der Waals surface area contributed by atoms with Crippen molar-refractivity contribution in [2.75, 3.05) is 6.54 Å². The Balaban J connectivity index is 1.71. The van der Waals surface area contributed by atoms with E-state index >= 15 is 0 Å². The first-order valence-corrected chi connectivity index (χ1v) is 5.65. The standard InChI is InChI=1S/C12H18N2O/c15-12-6-3-4-10(12)8-13-9-11-5-1-2-7-14-11/h1-2,5,7,10,12-13,15H,3-4,6,8-9H2. The predicted molar refractivity (Wildman–Crippen MR) is 59.3 cm³/mol. The van der Waals surface area contributed by atoms with E-state index in [1.165, 1.54) is 0 Å². The van der Waals surface area contributed by atoms with E-state index in [2.05, 4.69) is 10.3 Å². The molecule has 2 unspecified atom stereocenters. The van der Waals surface area contributed by atoms with E-state index in [4.69, 9.17) is 0 Å². The van der Waals surface area contributed by atoms with Crippen LogP contribution in [0.1, 0.15) is 25.0 Å². The first-order valence-electron chi connectivity index (χ1n) is 5.65. The maximum atomic E-state index is 9.63. The van der Waals surface area contributed by atoms with Gasteiger partial charge in [-0.15, -0.1) is 0 Å². The van der Waals surface area contributed by atoms with Gasteiger partial charge in [0, 0.05) is 19.3 Å². The molecule has 1 aliphatic rings. The van der Waals surface area contributed by atoms with Crippen molar-refractivity contribution in [2.45, 2.75) is 31.9 Å². The molecule has 1 aromatic heterocycles. The number of pyridine rings is 1. The monoisotopic (exact) mass is 206 g/mol. The van der Waals surface area contributed by atoms with Gasteiger partial charge in [0.25, 0.3) is 0 Å². The summed E-state index contributed by atoms with van der Waals surface area (Å²) in [5.41, 5.74) is 1.06. The van der Waals surface area contributed by atoms with E-state index in [1.807, 2.05) is 18.2 Å². The minimum atomic E-state index is -0.0961. The van der Waals surface area contributed by atoms with Crippen molar-refractivity contribution in [3.8, 4) is 0 Å². The number of aliphatic hydroxyl groups is 1. The third kappa shape index (κ3) is 3.01. The van der Waals surface area contributed by atoms with Gasteiger partial charge >= 0.3 is 0 Å². The average Bonchev–Trinajstić information content (AvgIpc) is 2.66. The smallest absolute Gasteiger partial charge is 0.0580 e. The van der Waals surface area contributed by atoms with Gasteiger partial charge in [0.1, 0.15) is 0 Å². The van der Waals surface area contributed by atoms with E-state index in [-0.39, 0.29) is 6.10 Å². The minimum Gasteiger partial charge on any atom is -0.393 e. The zero-order valence-electron chi connectivity index (χ0n) is 8.89. The van der Waals surface area contributed by atoms with Crippen LogP contribution in [-0.4, -0.2) is 22.7 Å². The summed E-state index contributed by atoms with van der Waals surface area (Å²) in [6.07, 6.45) is 4.99. The third-order valence-electron chi connectivity index (χ3n) is 3.06. The molecule has 1 aromatic rings. The highest BCUT2D eigenvalue weighted by atomic mass is 16.3. The topological polar surface area (TPSA) is 45.1 Å². The molecular formula is C12H18N2O. The molecule has 0 radical (unpaired) electrons. The molecule has 1 aliphatic carbocycles. The van der Waals surface area contributed by atoms with Crippen LogP contribution >= 0.6 is 0 Å². The van der Waals surface area contributed by atoms with Crippen molar-refractivity contribution >= 4 is 0 Å². The second-order valence-electron chi connectivity index (χ2n) is 4.21. The predicted octanol–water partition coefficient (Wildman–Crippen LogP) is 1.33. The molecule has 1 heterocycles. The highest BCUT2D eigenvalue weighted by Gasteiger charge is 2.24. The van der Waals surface area contributed by atoms with Gasteiger partial charge in [0.15, 0.2) is 0 Å². The number of aliphatic hydroxyl groups excluding tert-OH is 1. The van der Waals surface area contributed by atoms with Crippen LogP contribution in [0.2, 0.25) is 0 Å². The molecule has 0 spiro atoms. The fourth-order valence-corrected chi connectivity index (χ4v) is 2.14. The first-order chi connectivity index (χ1) is 7.36. The maximum Gasteiger partial charge on any atom is 0.0580 e. The minimum absolute atomic E-state index is 0.0961. The van der Waals surface area contributed by atoms with Crippen molar-refractivity contribution in [2.24, 2.45) is 5.92 Å². The van der Waals surface area contributed by atoms with E-state index in [1.54, 1.807) is 6.20 Å². The fraction of sp³-hybridized carbons (Fsp3) is 0.583. The summed E-state index contributed by atoms with van der Waals surface area (Å²) in [4.78, 5) is 4.24. The summed E-state index contributed by atoms with van der Waals surface area (Å²) < 4.78 is 0. The Hall–Kier alpha value is -0.930. The lowest BCUT2D eigenvalue weighted by molar-refractivity contribution is 0.131. The SMILES string of the molecule is OC1CCCC1CNCc1ccccn1. The van der Waals surface area contributed by atoms with Crippen LogP contribution in [0.25, 0.3) is 0 Å². The van der Waals surface area contributed by atoms with Crippen LogP contribution in [0, 0.1) is 5.92 Å². The summed E-state index contributed by atoms with van der Waals surface area (Å²) in [6.45, 7) is 1.70. The van der Waals surface area contributed by atoms with Crippen molar-refractivity contribution in [3.05, 3.63) is 30.1 Å². The molecule has 0 amide bonds. The number of rotatable bonds is 4. The molecule has 0 aromatic carbocycles. The maximum absolute atomic E-state index is 9.63. The Morgan fingerprint density at radius 1 is 1.40 bits per heavy atom. The van der Waals surface area contributed by atoms with Gasteiger partial charge in [-0.3, -0.25) is 4.98 Å². The Morgan fingerprint density at radius 2 is 2.33 bits per heavy atom. The van der Waals surface area contributed by atoms with E-state index in [0.717, 1.165) is 38.0 Å². The van der Waals surface area contributed by atoms with E-state index < -0.39 is 0 Å². The number of hydrogen-bond acceptors (Lipinski definition) is 3. The zero-order chi connectivity index (χ0) is 10.5. The van der Waals surface area contributed by atoms with Gasteiger partial charge in [-0.1, -0.05) is 12.5 Å². The molecule has 2 rings (SSSR count). The van der Waals surface area contributed by atoms with Crippen LogP contribution in [0.3, 0.4) is 0 Å². The summed E-state index contributed by atoms with van der Waals surface area (Å²) in [6, 6.07) is 5.93. The largest absolute Gasteiger partial charge is 0.393 e. The zero-order valence-corrected chi connectivity index (χ0v) is 8.89. The van der Waals surface area contributed by atoms with Crippen LogP contribution in [0.5, 0.6) is 0 Å². The Bertz CT molecular complexity index is 289. The quantitative estimate of drug-likeness (QED) is 0.781. The van der Waals surface area contributed by atoms with Crippen molar-refractivity contribution in [1.29, 1.82) is 0 Å². The molecule has 0 bridgehead atoms. The van der Waals surface area contributed by atoms with Crippen LogP contribution < -0.4 is 5.32 Å². The van der Waals surface area contributed by atoms with Crippen molar-refractivity contribution in [1.82, 2.24) is 10.3 Å². The van der Waals surface area contributed by atoms with Crippen LogP contribution in [-0.2, 0) is 6.54 Å². The molecule has 0 saturated heterocycles. The fourth-order valence-electron chi connectivity index (χ4n) is 2.14. The van der Waals surface area contributed by atoms with Gasteiger partial charge in [-0.05, 0) is 30.9 Å². The Kier molecular flexibility index (Phi) is 3.69. The molecular weight excluding hydrogens is 188 g/mol. The number of aromatic nitrogens is 1. The van der Waals surface area contributed by atoms with Crippen LogP contribution in [0.15, 0.2) is 24.4 Å². The lowest BCUT2D eigenvalue weighted by atomic mass is 10.1. The number of nitrogens with zero attached hydrogens (tertiary/aromatic N) is 1. The summed E-state index contributed by atoms with van der Waals surface area (Å²) in [5.74, 6) is 0.439. The van der Waals surface area contributed by atoms with Crippen LogP contribution in [0.4, 0.5) is 0 Å². The normalized spacial score (nSPS) is 25.7. The molecule has 2 N–H and O–H groups in total. The van der Waals surface area contributed by atoms with Gasteiger partial charge in [-0.2, -0.15) is 0 Å². The average molecular weight is 206 g/mol. The van der Waals surface area contributed by atoms with Crippen molar-refractivity contribution in [3.63, 3.8) is 0 Å². The third-order valence-corrected chi connectivity index (χ3v) is 3.06. The van der Waals surface area contributed by atoms with Gasteiger partial charge in [0.05, 0.1) is 11.8 Å². The first kappa shape index (κ1) is 10.6. The van der Waals surface area contributed by atoms with Crippen molar-refractivity contribution < 1.29 is 5.11 Å². The summed E-state index contributed by atoms with van der Waals surface area (Å²) in [5, 5.41) is 13.0. The molecule has 3 heteroatoms. The lowest BCUT2D eigenvalue weighted by Gasteiger charge is -2.14. The van der Waals surface area contributed by atoms with Gasteiger partial charge in [-0.25, -0.2) is 0 Å². The van der Waals surface area contributed by atoms with E-state index in [9.17, 15) is 5.11 Å². The molecule has 2 atom stereocenters. The van der Waals surface area contributed by atoms with Gasteiger partial charge < -0.3 is 10.4 Å². The Morgan fingerprint density at radius 3 is 3.00 bits per heavy atom. The molecule has 82 valence electrons. The molecule has 3 nitrogen and oxygen atoms in total. The highest BCUT2D eigenvalue weighted by Crippen LogP contribution is 2.24. The second kappa shape index (κ2) is 5.24. The second-order valence-corrected chi connectivity index (χ2v) is 4.21. The molecule has 15 heavy (non-hydrogen) atoms. The summed E-state index contributed by atoms with van der Waals surface area (Å²) in [7, 11) is 0. The molecule has 1 fully saturated rings. The molecule has 1 saturated carbocycles. The number of nitrogens with one attached hydrogen (secondary N) is 1. The summed E-state index contributed by atoms with van der Waals surface area (Å²) >= 11 is 0. The Labute approximate surface area is 90.5 Å². The number of hydrogen-bond donors (Lipinski definition) is 2.